The molecule has 0 atom stereocenters. The SMILES string of the molecule is C/C=C/C=C/c1cccc2ccc[c]c12. The Balaban J connectivity index is 2.51. The summed E-state index contributed by atoms with van der Waals surface area (Å²) in [6, 6.07) is 15.6. The molecule has 2 aromatic carbocycles. The van der Waals surface area contributed by atoms with E-state index in [1.54, 1.807) is 0 Å². The third-order valence-corrected chi connectivity index (χ3v) is 2.31. The average Bonchev–Trinajstić information content (AvgIpc) is 2.30. The second kappa shape index (κ2) is 4.61. The van der Waals surface area contributed by atoms with Crippen LogP contribution < -0.4 is 0 Å². The summed E-state index contributed by atoms with van der Waals surface area (Å²) in [6.07, 6.45) is 8.21. The van der Waals surface area contributed by atoms with E-state index in [0.717, 1.165) is 0 Å². The Morgan fingerprint density at radius 3 is 2.80 bits per heavy atom. The van der Waals surface area contributed by atoms with Gasteiger partial charge in [0.1, 0.15) is 0 Å². The second-order valence-electron chi connectivity index (χ2n) is 3.37. The lowest BCUT2D eigenvalue weighted by Gasteiger charge is -2.00. The van der Waals surface area contributed by atoms with Gasteiger partial charge in [-0.25, -0.2) is 0 Å². The van der Waals surface area contributed by atoms with Gasteiger partial charge >= 0.3 is 0 Å². The number of rotatable bonds is 2. The molecule has 2 rings (SSSR count). The van der Waals surface area contributed by atoms with E-state index < -0.39 is 0 Å². The molecule has 0 nitrogen and oxygen atoms in total. The van der Waals surface area contributed by atoms with Gasteiger partial charge in [0.15, 0.2) is 0 Å². The predicted octanol–water partition coefficient (Wildman–Crippen LogP) is 4.23. The van der Waals surface area contributed by atoms with Crippen LogP contribution >= 0.6 is 0 Å². The molecule has 0 aliphatic carbocycles. The minimum atomic E-state index is 1.18. The van der Waals surface area contributed by atoms with Crippen molar-refractivity contribution in [3.63, 3.8) is 0 Å². The maximum atomic E-state index is 3.27. The van der Waals surface area contributed by atoms with Crippen molar-refractivity contribution in [2.75, 3.05) is 0 Å². The smallest absolute Gasteiger partial charge is 0.00326 e. The summed E-state index contributed by atoms with van der Waals surface area (Å²) in [5.74, 6) is 0. The largest absolute Gasteiger partial charge is 0.0877 e. The molecule has 0 bridgehead atoms. The van der Waals surface area contributed by atoms with Crippen LogP contribution in [0.2, 0.25) is 0 Å². The molecule has 0 spiro atoms. The quantitative estimate of drug-likeness (QED) is 0.626. The standard InChI is InChI=1S/C15H13/c1-2-3-4-8-13-10-7-11-14-9-5-6-12-15(13)14/h2-11H,1H3/b3-2+,8-4+. The van der Waals surface area contributed by atoms with Gasteiger partial charge in [-0.15, -0.1) is 0 Å². The Labute approximate surface area is 90.6 Å². The van der Waals surface area contributed by atoms with E-state index in [1.807, 2.05) is 31.2 Å². The van der Waals surface area contributed by atoms with Gasteiger partial charge in [-0.3, -0.25) is 0 Å². The Hall–Kier alpha value is -1.82. The van der Waals surface area contributed by atoms with Gasteiger partial charge in [-0.2, -0.15) is 0 Å². The number of fused-ring (bicyclic) bond motifs is 1. The van der Waals surface area contributed by atoms with Crippen LogP contribution in [0.1, 0.15) is 12.5 Å². The molecular weight excluding hydrogens is 180 g/mol. The van der Waals surface area contributed by atoms with Crippen LogP contribution in [0, 0.1) is 6.07 Å². The maximum Gasteiger partial charge on any atom is -0.00326 e. The molecule has 1 radical (unpaired) electrons. The van der Waals surface area contributed by atoms with E-state index in [1.165, 1.54) is 16.3 Å². The first-order valence-corrected chi connectivity index (χ1v) is 5.10. The van der Waals surface area contributed by atoms with Crippen LogP contribution in [0.15, 0.2) is 54.6 Å². The fourth-order valence-electron chi connectivity index (χ4n) is 1.59. The molecular formula is C15H13. The summed E-state index contributed by atoms with van der Waals surface area (Å²) in [6.45, 7) is 2.01. The van der Waals surface area contributed by atoms with Crippen LogP contribution in [0.5, 0.6) is 0 Å². The molecule has 0 aliphatic heterocycles. The summed E-state index contributed by atoms with van der Waals surface area (Å²) >= 11 is 0. The summed E-state index contributed by atoms with van der Waals surface area (Å²) < 4.78 is 0. The van der Waals surface area contributed by atoms with Crippen LogP contribution in [0.3, 0.4) is 0 Å². The highest BCUT2D eigenvalue weighted by Crippen LogP contribution is 2.18. The lowest BCUT2D eigenvalue weighted by molar-refractivity contribution is 1.69. The first-order chi connectivity index (χ1) is 7.42. The second-order valence-corrected chi connectivity index (χ2v) is 3.37. The van der Waals surface area contributed by atoms with E-state index in [0.29, 0.717) is 0 Å². The van der Waals surface area contributed by atoms with Crippen LogP contribution in [-0.2, 0) is 0 Å². The molecule has 0 N–H and O–H groups in total. The van der Waals surface area contributed by atoms with Gasteiger partial charge in [-0.1, -0.05) is 60.7 Å². The first kappa shape index (κ1) is 9.72. The number of allylic oxidation sites excluding steroid dienone is 3. The first-order valence-electron chi connectivity index (χ1n) is 5.10. The predicted molar refractivity (Wildman–Crippen MR) is 66.6 cm³/mol. The third-order valence-electron chi connectivity index (χ3n) is 2.31. The van der Waals surface area contributed by atoms with Crippen molar-refractivity contribution in [3.05, 3.63) is 66.3 Å². The highest BCUT2D eigenvalue weighted by atomic mass is 14.0. The Morgan fingerprint density at radius 2 is 1.93 bits per heavy atom. The molecule has 0 heteroatoms. The third kappa shape index (κ3) is 2.16. The molecule has 0 saturated heterocycles. The van der Waals surface area contributed by atoms with Gasteiger partial charge in [0.2, 0.25) is 0 Å². The topological polar surface area (TPSA) is 0 Å². The maximum absolute atomic E-state index is 3.27. The van der Waals surface area contributed by atoms with Crippen LogP contribution in [-0.4, -0.2) is 0 Å². The summed E-state index contributed by atoms with van der Waals surface area (Å²) in [4.78, 5) is 0. The van der Waals surface area contributed by atoms with Crippen molar-refractivity contribution in [2.24, 2.45) is 0 Å². The monoisotopic (exact) mass is 193 g/mol. The fraction of sp³-hybridized carbons (Fsp3) is 0.0667. The average molecular weight is 193 g/mol. The van der Waals surface area contributed by atoms with Gasteiger partial charge in [0.05, 0.1) is 0 Å². The molecule has 0 amide bonds. The van der Waals surface area contributed by atoms with Crippen molar-refractivity contribution in [1.29, 1.82) is 0 Å². The van der Waals surface area contributed by atoms with Crippen LogP contribution in [0.25, 0.3) is 16.8 Å². The minimum absolute atomic E-state index is 1.18. The zero-order valence-corrected chi connectivity index (χ0v) is 8.77. The lowest BCUT2D eigenvalue weighted by Crippen LogP contribution is -1.77. The van der Waals surface area contributed by atoms with Crippen LogP contribution in [0.4, 0.5) is 0 Å². The minimum Gasteiger partial charge on any atom is -0.0877 e. The number of hydrogen-bond donors (Lipinski definition) is 0. The van der Waals surface area contributed by atoms with Gasteiger partial charge in [0, 0.05) is 0 Å². The van der Waals surface area contributed by atoms with Gasteiger partial charge in [0.25, 0.3) is 0 Å². The summed E-state index contributed by atoms with van der Waals surface area (Å²) in [5.41, 5.74) is 1.21. The molecule has 0 heterocycles. The Morgan fingerprint density at radius 1 is 1.07 bits per heavy atom. The summed E-state index contributed by atoms with van der Waals surface area (Å²) in [5, 5.41) is 2.42. The van der Waals surface area contributed by atoms with Crippen molar-refractivity contribution in [3.8, 4) is 0 Å². The van der Waals surface area contributed by atoms with E-state index >= 15 is 0 Å². The van der Waals surface area contributed by atoms with E-state index in [9.17, 15) is 0 Å². The van der Waals surface area contributed by atoms with E-state index in [2.05, 4.69) is 42.5 Å². The molecule has 0 aromatic heterocycles. The number of benzene rings is 2. The molecule has 0 unspecified atom stereocenters. The Bertz CT molecular complexity index is 499. The Kier molecular flexibility index (Phi) is 2.99. The highest BCUT2D eigenvalue weighted by Gasteiger charge is 1.95. The molecule has 2 aromatic rings. The van der Waals surface area contributed by atoms with E-state index in [-0.39, 0.29) is 0 Å². The van der Waals surface area contributed by atoms with Crippen molar-refractivity contribution < 1.29 is 0 Å². The molecule has 73 valence electrons. The van der Waals surface area contributed by atoms with Gasteiger partial charge in [-0.05, 0) is 29.3 Å². The highest BCUT2D eigenvalue weighted by molar-refractivity contribution is 5.90. The zero-order valence-electron chi connectivity index (χ0n) is 8.77. The van der Waals surface area contributed by atoms with Gasteiger partial charge < -0.3 is 0 Å². The lowest BCUT2D eigenvalue weighted by atomic mass is 10.0. The molecule has 15 heavy (non-hydrogen) atoms. The fourth-order valence-corrected chi connectivity index (χ4v) is 1.59. The van der Waals surface area contributed by atoms with Crippen molar-refractivity contribution >= 4 is 16.8 Å². The molecule has 0 fully saturated rings. The normalized spacial score (nSPS) is 11.8. The molecule has 0 aliphatic rings. The van der Waals surface area contributed by atoms with Crippen molar-refractivity contribution in [2.45, 2.75) is 6.92 Å². The molecule has 0 saturated carbocycles. The zero-order chi connectivity index (χ0) is 10.5. The summed E-state index contributed by atoms with van der Waals surface area (Å²) in [7, 11) is 0. The van der Waals surface area contributed by atoms with E-state index in [4.69, 9.17) is 0 Å². The number of hydrogen-bond acceptors (Lipinski definition) is 0. The van der Waals surface area contributed by atoms with Crippen molar-refractivity contribution in [1.82, 2.24) is 0 Å².